The summed E-state index contributed by atoms with van der Waals surface area (Å²) >= 11 is 0. The quantitative estimate of drug-likeness (QED) is 0.0261. The van der Waals surface area contributed by atoms with E-state index < -0.39 is 6.10 Å². The van der Waals surface area contributed by atoms with Gasteiger partial charge in [0.15, 0.2) is 6.10 Å². The minimum Gasteiger partial charge on any atom is -0.462 e. The van der Waals surface area contributed by atoms with E-state index in [-0.39, 0.29) is 31.1 Å². The van der Waals surface area contributed by atoms with Crippen LogP contribution in [-0.4, -0.2) is 37.2 Å². The average Bonchev–Trinajstić information content (AvgIpc) is 3.46. The van der Waals surface area contributed by atoms with Crippen molar-refractivity contribution >= 4 is 17.9 Å². The summed E-state index contributed by atoms with van der Waals surface area (Å²) in [5, 5.41) is 0. The number of esters is 3. The van der Waals surface area contributed by atoms with E-state index in [0.29, 0.717) is 19.3 Å². The number of hydrogen-bond donors (Lipinski definition) is 0. The Hall–Kier alpha value is -3.67. The predicted molar refractivity (Wildman–Crippen MR) is 348 cm³/mol. The Morgan fingerprint density at radius 2 is 0.487 bits per heavy atom. The molecule has 80 heavy (non-hydrogen) atoms. The topological polar surface area (TPSA) is 78.9 Å². The average molecular weight is 1110 g/mol. The molecule has 460 valence electrons. The Morgan fingerprint density at radius 3 is 0.762 bits per heavy atom. The third-order valence-corrected chi connectivity index (χ3v) is 14.8. The smallest absolute Gasteiger partial charge is 0.306 e. The van der Waals surface area contributed by atoms with Crippen LogP contribution in [-0.2, 0) is 28.6 Å². The molecule has 0 amide bonds. The summed E-state index contributed by atoms with van der Waals surface area (Å²) in [4.78, 5) is 38.4. The van der Waals surface area contributed by atoms with Crippen LogP contribution < -0.4 is 0 Å². The lowest BCUT2D eigenvalue weighted by molar-refractivity contribution is -0.167. The fourth-order valence-electron chi connectivity index (χ4n) is 9.78. The Labute approximate surface area is 496 Å². The second kappa shape index (κ2) is 67.8. The first-order chi connectivity index (χ1) is 39.5. The van der Waals surface area contributed by atoms with Crippen molar-refractivity contribution in [3.63, 3.8) is 0 Å². The molecule has 0 aromatic heterocycles. The van der Waals surface area contributed by atoms with Crippen LogP contribution in [0.5, 0.6) is 0 Å². The van der Waals surface area contributed by atoms with Gasteiger partial charge >= 0.3 is 17.9 Å². The molecule has 0 aromatic carbocycles. The highest BCUT2D eigenvalue weighted by molar-refractivity contribution is 5.71. The number of hydrogen-bond acceptors (Lipinski definition) is 6. The Morgan fingerprint density at radius 1 is 0.263 bits per heavy atom. The fraction of sp³-hybridized carbons (Fsp3) is 0.743. The van der Waals surface area contributed by atoms with Crippen LogP contribution in [0.4, 0.5) is 0 Å². The summed E-state index contributed by atoms with van der Waals surface area (Å²) < 4.78 is 17.0. The minimum absolute atomic E-state index is 0.0824. The maximum absolute atomic E-state index is 12.9. The molecule has 0 saturated carbocycles. The number of unbranched alkanes of at least 4 members (excludes halogenated alkanes) is 35. The van der Waals surface area contributed by atoms with Crippen molar-refractivity contribution in [3.05, 3.63) is 97.2 Å². The summed E-state index contributed by atoms with van der Waals surface area (Å²) in [5.74, 6) is -0.890. The van der Waals surface area contributed by atoms with E-state index in [2.05, 4.69) is 118 Å². The highest BCUT2D eigenvalue weighted by atomic mass is 16.6. The SMILES string of the molecule is CC/C=C\C/C=C\C/C=C\C/C=C\CCCCCCCCCCCCCCCCC(=O)OCC(COC(=O)CCCCCC/C=C\C/C=C\C/C=C\C/C=C\CC)OC(=O)CCCCCCCCCCCCCCCCCCCC. The molecule has 0 N–H and O–H groups in total. The molecule has 0 bridgehead atoms. The lowest BCUT2D eigenvalue weighted by Crippen LogP contribution is -2.30. The zero-order valence-corrected chi connectivity index (χ0v) is 52.8. The van der Waals surface area contributed by atoms with Crippen molar-refractivity contribution in [1.82, 2.24) is 0 Å². The first kappa shape index (κ1) is 76.3. The van der Waals surface area contributed by atoms with E-state index in [1.165, 1.54) is 173 Å². The van der Waals surface area contributed by atoms with E-state index in [1.54, 1.807) is 0 Å². The van der Waals surface area contributed by atoms with Gasteiger partial charge in [-0.1, -0.05) is 317 Å². The van der Waals surface area contributed by atoms with Gasteiger partial charge in [0.25, 0.3) is 0 Å². The molecule has 0 rings (SSSR count). The predicted octanol–water partition coefficient (Wildman–Crippen LogP) is 23.6. The maximum atomic E-state index is 12.9. The third-order valence-electron chi connectivity index (χ3n) is 14.8. The van der Waals surface area contributed by atoms with Gasteiger partial charge in [-0.05, 0) is 96.3 Å². The molecule has 0 spiro atoms. The van der Waals surface area contributed by atoms with Crippen molar-refractivity contribution in [2.75, 3.05) is 13.2 Å². The highest BCUT2D eigenvalue weighted by Gasteiger charge is 2.19. The zero-order valence-electron chi connectivity index (χ0n) is 52.8. The van der Waals surface area contributed by atoms with Gasteiger partial charge in [-0.3, -0.25) is 14.4 Å². The molecule has 0 aliphatic carbocycles. The number of rotatable bonds is 62. The molecule has 0 heterocycles. The zero-order chi connectivity index (χ0) is 57.8. The monoisotopic (exact) mass is 1110 g/mol. The summed E-state index contributed by atoms with van der Waals surface area (Å²) in [7, 11) is 0. The fourth-order valence-corrected chi connectivity index (χ4v) is 9.78. The molecule has 0 aromatic rings. The first-order valence-electron chi connectivity index (χ1n) is 34.2. The molecular formula is C74H128O6. The van der Waals surface area contributed by atoms with Gasteiger partial charge in [-0.25, -0.2) is 0 Å². The maximum Gasteiger partial charge on any atom is 0.306 e. The third kappa shape index (κ3) is 65.1. The van der Waals surface area contributed by atoms with E-state index in [1.807, 2.05) is 0 Å². The molecule has 6 nitrogen and oxygen atoms in total. The molecular weight excluding hydrogens is 985 g/mol. The highest BCUT2D eigenvalue weighted by Crippen LogP contribution is 2.17. The normalized spacial score (nSPS) is 12.7. The van der Waals surface area contributed by atoms with Crippen LogP contribution in [0.15, 0.2) is 97.2 Å². The summed E-state index contributed by atoms with van der Waals surface area (Å²) in [6, 6.07) is 0. The molecule has 0 saturated heterocycles. The Bertz CT molecular complexity index is 1560. The van der Waals surface area contributed by atoms with Gasteiger partial charge in [0, 0.05) is 19.3 Å². The standard InChI is InChI=1S/C74H128O6/c1-4-7-10-13-16-19-22-25-28-31-33-34-35-36-37-38-39-40-41-44-46-49-52-55-58-61-64-67-73(76)79-70-71(69-78-72(75)66-63-60-57-54-51-48-45-42-30-27-24-21-18-15-12-9-6-3)80-74(77)68-65-62-59-56-53-50-47-43-32-29-26-23-20-17-14-11-8-5-2/h7,9-10,12,16,18-19,21,25,27-28,30,33-34,45,48,71H,4-6,8,11,13-15,17,20,22-24,26,29,31-32,35-44,46-47,49-70H2,1-3H3/b10-7-,12-9-,19-16-,21-18-,28-25-,30-27-,34-33-,48-45-. The van der Waals surface area contributed by atoms with Crippen LogP contribution >= 0.6 is 0 Å². The number of carbonyl (C=O) groups is 3. The largest absolute Gasteiger partial charge is 0.462 e. The van der Waals surface area contributed by atoms with Gasteiger partial charge in [-0.2, -0.15) is 0 Å². The van der Waals surface area contributed by atoms with Crippen molar-refractivity contribution in [1.29, 1.82) is 0 Å². The van der Waals surface area contributed by atoms with Crippen molar-refractivity contribution < 1.29 is 28.6 Å². The van der Waals surface area contributed by atoms with E-state index >= 15 is 0 Å². The second-order valence-corrected chi connectivity index (χ2v) is 22.7. The number of ether oxygens (including phenoxy) is 3. The Balaban J connectivity index is 4.32. The van der Waals surface area contributed by atoms with E-state index in [0.717, 1.165) is 122 Å². The van der Waals surface area contributed by atoms with Crippen molar-refractivity contribution in [2.45, 2.75) is 341 Å². The summed E-state index contributed by atoms with van der Waals surface area (Å²) in [6.45, 7) is 6.44. The van der Waals surface area contributed by atoms with Crippen LogP contribution in [0.2, 0.25) is 0 Å². The van der Waals surface area contributed by atoms with Crippen molar-refractivity contribution in [3.8, 4) is 0 Å². The van der Waals surface area contributed by atoms with Crippen LogP contribution in [0.1, 0.15) is 335 Å². The summed E-state index contributed by atoms with van der Waals surface area (Å²) in [5.41, 5.74) is 0. The minimum atomic E-state index is -0.788. The Kier molecular flexibility index (Phi) is 64.7. The van der Waals surface area contributed by atoms with Crippen LogP contribution in [0, 0.1) is 0 Å². The number of allylic oxidation sites excluding steroid dienone is 16. The van der Waals surface area contributed by atoms with Gasteiger partial charge in [0.1, 0.15) is 13.2 Å². The van der Waals surface area contributed by atoms with Crippen LogP contribution in [0.3, 0.4) is 0 Å². The molecule has 0 fully saturated rings. The van der Waals surface area contributed by atoms with Crippen LogP contribution in [0.25, 0.3) is 0 Å². The van der Waals surface area contributed by atoms with Gasteiger partial charge in [-0.15, -0.1) is 0 Å². The first-order valence-corrected chi connectivity index (χ1v) is 34.2. The van der Waals surface area contributed by atoms with Gasteiger partial charge in [0.2, 0.25) is 0 Å². The molecule has 0 radical (unpaired) electrons. The lowest BCUT2D eigenvalue weighted by atomic mass is 10.0. The molecule has 6 heteroatoms. The second-order valence-electron chi connectivity index (χ2n) is 22.7. The van der Waals surface area contributed by atoms with E-state index in [9.17, 15) is 14.4 Å². The lowest BCUT2D eigenvalue weighted by Gasteiger charge is -2.18. The summed E-state index contributed by atoms with van der Waals surface area (Å²) in [6.07, 6.45) is 91.4. The van der Waals surface area contributed by atoms with Crippen molar-refractivity contribution in [2.24, 2.45) is 0 Å². The van der Waals surface area contributed by atoms with Gasteiger partial charge < -0.3 is 14.2 Å². The molecule has 1 atom stereocenters. The van der Waals surface area contributed by atoms with Gasteiger partial charge in [0.05, 0.1) is 0 Å². The molecule has 0 aliphatic rings. The van der Waals surface area contributed by atoms with E-state index in [4.69, 9.17) is 14.2 Å². The molecule has 0 aliphatic heterocycles. The molecule has 1 unspecified atom stereocenters. The number of carbonyl (C=O) groups excluding carboxylic acids is 3.